The monoisotopic (exact) mass is 653 g/mol. The molecular weight excluding hydrogens is 623 g/mol. The second kappa shape index (κ2) is 11.5. The van der Waals surface area contributed by atoms with Gasteiger partial charge in [-0.15, -0.1) is 0 Å². The summed E-state index contributed by atoms with van der Waals surface area (Å²) in [5, 5.41) is 0. The van der Waals surface area contributed by atoms with Crippen LogP contribution in [0.4, 0.5) is 0 Å². The van der Waals surface area contributed by atoms with E-state index in [1.807, 2.05) is 36.4 Å². The number of benzene rings is 7. The molecule has 0 saturated carbocycles. The van der Waals surface area contributed by atoms with Crippen LogP contribution in [0.15, 0.2) is 170 Å². The molecule has 0 N–H and O–H groups in total. The topological polar surface area (TPSA) is 47.9 Å². The van der Waals surface area contributed by atoms with Gasteiger partial charge in [0, 0.05) is 27.8 Å². The van der Waals surface area contributed by atoms with Crippen molar-refractivity contribution in [3.63, 3.8) is 0 Å². The molecule has 8 aromatic rings. The van der Waals surface area contributed by atoms with Crippen molar-refractivity contribution in [2.45, 2.75) is 12.3 Å². The Balaban J connectivity index is 1.14. The molecule has 0 fully saturated rings. The summed E-state index contributed by atoms with van der Waals surface area (Å²) in [6.07, 6.45) is 0. The summed E-state index contributed by atoms with van der Waals surface area (Å²) in [6, 6.07) is 59.5. The minimum absolute atomic E-state index is 0.519. The van der Waals surface area contributed by atoms with Crippen LogP contribution in [0.2, 0.25) is 0 Å². The van der Waals surface area contributed by atoms with Crippen LogP contribution in [-0.2, 0) is 5.41 Å². The predicted octanol–water partition coefficient (Wildman–Crippen LogP) is 11.3. The number of fused-ring (bicyclic) bond motifs is 9. The van der Waals surface area contributed by atoms with E-state index in [1.54, 1.807) is 0 Å². The van der Waals surface area contributed by atoms with Gasteiger partial charge in [-0.3, -0.25) is 0 Å². The van der Waals surface area contributed by atoms with Gasteiger partial charge in [-0.1, -0.05) is 163 Å². The first-order valence-electron chi connectivity index (χ1n) is 17.3. The van der Waals surface area contributed by atoms with Gasteiger partial charge in [0.05, 0.1) is 5.41 Å². The first-order chi connectivity index (χ1) is 25.2. The maximum Gasteiger partial charge on any atom is 0.164 e. The summed E-state index contributed by atoms with van der Waals surface area (Å²) in [5.41, 5.74) is 13.0. The number of aromatic nitrogens is 3. The van der Waals surface area contributed by atoms with E-state index in [2.05, 4.69) is 140 Å². The van der Waals surface area contributed by atoms with Crippen LogP contribution >= 0.6 is 0 Å². The van der Waals surface area contributed by atoms with Crippen molar-refractivity contribution in [3.8, 4) is 67.9 Å². The number of nitrogens with zero attached hydrogens (tertiary/aromatic N) is 3. The summed E-state index contributed by atoms with van der Waals surface area (Å²) < 4.78 is 6.78. The van der Waals surface area contributed by atoms with Crippen LogP contribution in [0.1, 0.15) is 27.8 Å². The number of ether oxygens (including phenoxy) is 1. The fraction of sp³-hybridized carbons (Fsp3) is 0.0426. The lowest BCUT2D eigenvalue weighted by atomic mass is 9.66. The molecule has 1 aliphatic carbocycles. The molecule has 2 aliphatic rings. The third-order valence-electron chi connectivity index (χ3n) is 10.3. The number of hydrogen-bond donors (Lipinski definition) is 0. The van der Waals surface area contributed by atoms with Crippen molar-refractivity contribution in [2.24, 2.45) is 0 Å². The maximum absolute atomic E-state index is 6.78. The maximum atomic E-state index is 6.78. The third kappa shape index (κ3) is 4.57. The Hall–Kier alpha value is -6.65. The molecule has 0 amide bonds. The average molecular weight is 654 g/mol. The van der Waals surface area contributed by atoms with E-state index >= 15 is 0 Å². The highest BCUT2D eigenvalue weighted by Crippen LogP contribution is 2.62. The van der Waals surface area contributed by atoms with E-state index in [1.165, 1.54) is 33.4 Å². The normalized spacial score (nSPS) is 13.1. The Kier molecular flexibility index (Phi) is 6.58. The lowest BCUT2D eigenvalue weighted by molar-refractivity contribution is 0.436. The average Bonchev–Trinajstić information content (AvgIpc) is 3.49. The van der Waals surface area contributed by atoms with Crippen LogP contribution in [0.25, 0.3) is 56.4 Å². The number of para-hydroxylation sites is 1. The van der Waals surface area contributed by atoms with E-state index in [4.69, 9.17) is 19.7 Å². The summed E-state index contributed by atoms with van der Waals surface area (Å²) in [7, 11) is 0. The minimum Gasteiger partial charge on any atom is -0.457 e. The SMILES string of the molecule is Cc1cccc(-c2ccc(-c3nc(-c4ccccc4)nc(-c4ccc5c(c4)Oc4ccccc4C54c5ccccc5-c5ccccc54)n3)cc2)c1. The van der Waals surface area contributed by atoms with Crippen molar-refractivity contribution < 1.29 is 4.74 Å². The Labute approximate surface area is 296 Å². The van der Waals surface area contributed by atoms with Gasteiger partial charge in [-0.25, -0.2) is 15.0 Å². The Morgan fingerprint density at radius 1 is 0.373 bits per heavy atom. The van der Waals surface area contributed by atoms with E-state index in [-0.39, 0.29) is 0 Å². The van der Waals surface area contributed by atoms with E-state index in [0.717, 1.165) is 44.9 Å². The Morgan fingerprint density at radius 2 is 0.882 bits per heavy atom. The number of rotatable bonds is 4. The minimum atomic E-state index is -0.519. The molecule has 240 valence electrons. The molecule has 1 spiro atoms. The zero-order valence-corrected chi connectivity index (χ0v) is 27.9. The number of aryl methyl sites for hydroxylation is 1. The van der Waals surface area contributed by atoms with Gasteiger partial charge >= 0.3 is 0 Å². The molecule has 1 aliphatic heterocycles. The van der Waals surface area contributed by atoms with Gasteiger partial charge in [0.25, 0.3) is 0 Å². The lowest BCUT2D eigenvalue weighted by Gasteiger charge is -2.39. The van der Waals surface area contributed by atoms with Crippen LogP contribution < -0.4 is 4.74 Å². The van der Waals surface area contributed by atoms with Crippen LogP contribution in [-0.4, -0.2) is 15.0 Å². The van der Waals surface area contributed by atoms with Crippen LogP contribution in [0.3, 0.4) is 0 Å². The van der Waals surface area contributed by atoms with Crippen molar-refractivity contribution in [3.05, 3.63) is 198 Å². The first kappa shape index (κ1) is 29.3. The van der Waals surface area contributed by atoms with Gasteiger partial charge in [-0.05, 0) is 52.4 Å². The zero-order chi connectivity index (χ0) is 33.9. The first-order valence-corrected chi connectivity index (χ1v) is 17.3. The quantitative estimate of drug-likeness (QED) is 0.190. The molecular formula is C47H31N3O. The van der Waals surface area contributed by atoms with Gasteiger partial charge in [0.15, 0.2) is 17.5 Å². The highest BCUT2D eigenvalue weighted by atomic mass is 16.5. The van der Waals surface area contributed by atoms with Crippen molar-refractivity contribution in [1.82, 2.24) is 15.0 Å². The van der Waals surface area contributed by atoms with E-state index in [0.29, 0.717) is 17.5 Å². The fourth-order valence-electron chi connectivity index (χ4n) is 7.99. The van der Waals surface area contributed by atoms with Crippen LogP contribution in [0.5, 0.6) is 11.5 Å². The highest BCUT2D eigenvalue weighted by molar-refractivity contribution is 5.89. The Bertz CT molecular complexity index is 2580. The summed E-state index contributed by atoms with van der Waals surface area (Å²) in [4.78, 5) is 15.1. The van der Waals surface area contributed by atoms with Gasteiger partial charge in [-0.2, -0.15) is 0 Å². The van der Waals surface area contributed by atoms with Gasteiger partial charge in [0.1, 0.15) is 11.5 Å². The lowest BCUT2D eigenvalue weighted by Crippen LogP contribution is -2.32. The molecule has 10 rings (SSSR count). The molecule has 1 aromatic heterocycles. The smallest absolute Gasteiger partial charge is 0.164 e. The standard InChI is InChI=1S/C47H31N3O/c1-30-12-11-15-34(28-30)31-22-24-33(25-23-31)45-48-44(32-13-3-2-4-14-32)49-46(50-45)35-26-27-41-43(29-35)51-42-21-10-9-20-40(42)47(41)38-18-7-5-16-36(38)37-17-6-8-19-39(37)47/h2-29H,1H3. The van der Waals surface area contributed by atoms with E-state index in [9.17, 15) is 0 Å². The van der Waals surface area contributed by atoms with Crippen molar-refractivity contribution in [2.75, 3.05) is 0 Å². The molecule has 7 aromatic carbocycles. The largest absolute Gasteiger partial charge is 0.457 e. The van der Waals surface area contributed by atoms with Crippen LogP contribution in [0, 0.1) is 6.92 Å². The Morgan fingerprint density at radius 3 is 1.57 bits per heavy atom. The van der Waals surface area contributed by atoms with Gasteiger partial charge < -0.3 is 4.74 Å². The molecule has 4 heteroatoms. The molecule has 2 heterocycles. The zero-order valence-electron chi connectivity index (χ0n) is 27.9. The third-order valence-corrected chi connectivity index (χ3v) is 10.3. The highest BCUT2D eigenvalue weighted by Gasteiger charge is 2.50. The molecule has 0 radical (unpaired) electrons. The van der Waals surface area contributed by atoms with Crippen molar-refractivity contribution >= 4 is 0 Å². The summed E-state index contributed by atoms with van der Waals surface area (Å²) in [5.74, 6) is 3.48. The molecule has 0 bridgehead atoms. The molecule has 51 heavy (non-hydrogen) atoms. The molecule has 4 nitrogen and oxygen atoms in total. The number of hydrogen-bond acceptors (Lipinski definition) is 4. The van der Waals surface area contributed by atoms with Crippen molar-refractivity contribution in [1.29, 1.82) is 0 Å². The second-order valence-electron chi connectivity index (χ2n) is 13.3. The molecule has 0 unspecified atom stereocenters. The van der Waals surface area contributed by atoms with E-state index < -0.39 is 5.41 Å². The summed E-state index contributed by atoms with van der Waals surface area (Å²) in [6.45, 7) is 2.12. The fourth-order valence-corrected chi connectivity index (χ4v) is 7.99. The van der Waals surface area contributed by atoms with Gasteiger partial charge in [0.2, 0.25) is 0 Å². The molecule has 0 saturated heterocycles. The predicted molar refractivity (Wildman–Crippen MR) is 204 cm³/mol. The summed E-state index contributed by atoms with van der Waals surface area (Å²) >= 11 is 0. The molecule has 0 atom stereocenters. The second-order valence-corrected chi connectivity index (χ2v) is 13.3.